The minimum atomic E-state index is 0.852. The van der Waals surface area contributed by atoms with Crippen molar-refractivity contribution in [3.8, 4) is 11.5 Å². The standard InChI is InChI=1S/C29H49NO2/c1-4-5-6-7-8-9-10-11-12-13-14-15-16-17-18-19-21-30-22-20-26-23-28(31-2)29(32-3)24-27(26)25-30/h11-12,23-24H,4-10,13-22,25H2,1-3H3. The summed E-state index contributed by atoms with van der Waals surface area (Å²) in [6.45, 7) is 5.71. The maximum absolute atomic E-state index is 5.48. The molecule has 3 heteroatoms. The van der Waals surface area contributed by atoms with E-state index in [1.165, 1.54) is 108 Å². The molecule has 0 saturated heterocycles. The van der Waals surface area contributed by atoms with Crippen LogP contribution < -0.4 is 9.47 Å². The molecule has 1 heterocycles. The lowest BCUT2D eigenvalue weighted by Gasteiger charge is -2.29. The minimum absolute atomic E-state index is 0.852. The van der Waals surface area contributed by atoms with Gasteiger partial charge in [0.2, 0.25) is 0 Å². The number of nitrogens with zero attached hydrogens (tertiary/aromatic N) is 1. The minimum Gasteiger partial charge on any atom is -0.493 e. The maximum Gasteiger partial charge on any atom is 0.161 e. The quantitative estimate of drug-likeness (QED) is 0.169. The molecule has 0 unspecified atom stereocenters. The number of allylic oxidation sites excluding steroid dienone is 2. The van der Waals surface area contributed by atoms with E-state index in [1.54, 1.807) is 14.2 Å². The smallest absolute Gasteiger partial charge is 0.161 e. The van der Waals surface area contributed by atoms with Crippen LogP contribution in [0.25, 0.3) is 0 Å². The Hall–Kier alpha value is -1.48. The number of ether oxygens (including phenoxy) is 2. The Balaban J connectivity index is 1.45. The topological polar surface area (TPSA) is 21.7 Å². The molecule has 0 bridgehead atoms. The van der Waals surface area contributed by atoms with Crippen LogP contribution >= 0.6 is 0 Å². The predicted molar refractivity (Wildman–Crippen MR) is 138 cm³/mol. The van der Waals surface area contributed by atoms with Crippen LogP contribution in [0.2, 0.25) is 0 Å². The molecule has 0 amide bonds. The maximum atomic E-state index is 5.48. The molecular formula is C29H49NO2. The second-order valence-electron chi connectivity index (χ2n) is 9.44. The molecule has 0 fully saturated rings. The Morgan fingerprint density at radius 2 is 1.25 bits per heavy atom. The molecule has 0 saturated carbocycles. The normalized spacial score (nSPS) is 14.1. The number of methoxy groups -OCH3 is 2. The van der Waals surface area contributed by atoms with E-state index in [4.69, 9.17) is 9.47 Å². The lowest BCUT2D eigenvalue weighted by Crippen LogP contribution is -2.31. The number of hydrogen-bond donors (Lipinski definition) is 0. The number of hydrogen-bond acceptors (Lipinski definition) is 3. The summed E-state index contributed by atoms with van der Waals surface area (Å²) in [6.07, 6.45) is 25.1. The Kier molecular flexibility index (Phi) is 14.3. The van der Waals surface area contributed by atoms with E-state index in [1.807, 2.05) is 0 Å². The third-order valence-electron chi connectivity index (χ3n) is 6.78. The first-order valence-electron chi connectivity index (χ1n) is 13.4. The van der Waals surface area contributed by atoms with Crippen LogP contribution in [-0.2, 0) is 13.0 Å². The number of benzene rings is 1. The van der Waals surface area contributed by atoms with Gasteiger partial charge in [-0.15, -0.1) is 0 Å². The highest BCUT2D eigenvalue weighted by Gasteiger charge is 2.19. The van der Waals surface area contributed by atoms with Gasteiger partial charge in [0.15, 0.2) is 11.5 Å². The van der Waals surface area contributed by atoms with Crippen LogP contribution in [-0.4, -0.2) is 32.2 Å². The second-order valence-corrected chi connectivity index (χ2v) is 9.44. The summed E-state index contributed by atoms with van der Waals surface area (Å²) >= 11 is 0. The SMILES string of the molecule is CCCCCCCCC=CCCCCCCCCN1CCc2cc(OC)c(OC)cc2C1. The Bertz CT molecular complexity index is 640. The van der Waals surface area contributed by atoms with E-state index in [0.29, 0.717) is 0 Å². The molecule has 1 aliphatic heterocycles. The van der Waals surface area contributed by atoms with Gasteiger partial charge in [-0.2, -0.15) is 0 Å². The van der Waals surface area contributed by atoms with Crippen molar-refractivity contribution >= 4 is 0 Å². The summed E-state index contributed by atoms with van der Waals surface area (Å²) in [4.78, 5) is 2.60. The highest BCUT2D eigenvalue weighted by molar-refractivity contribution is 5.48. The fourth-order valence-electron chi connectivity index (χ4n) is 4.72. The Morgan fingerprint density at radius 1 is 0.719 bits per heavy atom. The van der Waals surface area contributed by atoms with Crippen molar-refractivity contribution in [3.63, 3.8) is 0 Å². The summed E-state index contributed by atoms with van der Waals surface area (Å²) in [5, 5.41) is 0. The molecule has 0 atom stereocenters. The number of rotatable bonds is 18. The monoisotopic (exact) mass is 443 g/mol. The molecule has 1 aromatic rings. The lowest BCUT2D eigenvalue weighted by molar-refractivity contribution is 0.246. The predicted octanol–water partition coefficient (Wildman–Crippen LogP) is 8.10. The van der Waals surface area contributed by atoms with Gasteiger partial charge in [0.1, 0.15) is 0 Å². The van der Waals surface area contributed by atoms with Gasteiger partial charge in [0.05, 0.1) is 14.2 Å². The molecule has 1 aromatic carbocycles. The van der Waals surface area contributed by atoms with Crippen LogP contribution in [0.5, 0.6) is 11.5 Å². The molecule has 0 aromatic heterocycles. The first-order valence-corrected chi connectivity index (χ1v) is 13.4. The fraction of sp³-hybridized carbons (Fsp3) is 0.724. The van der Waals surface area contributed by atoms with Crippen LogP contribution in [0.3, 0.4) is 0 Å². The largest absolute Gasteiger partial charge is 0.493 e. The summed E-state index contributed by atoms with van der Waals surface area (Å²) in [7, 11) is 3.44. The molecular weight excluding hydrogens is 394 g/mol. The molecule has 1 aliphatic rings. The molecule has 2 rings (SSSR count). The highest BCUT2D eigenvalue weighted by atomic mass is 16.5. The third kappa shape index (κ3) is 10.4. The van der Waals surface area contributed by atoms with Crippen molar-refractivity contribution in [1.82, 2.24) is 4.90 Å². The van der Waals surface area contributed by atoms with Gasteiger partial charge in [-0.25, -0.2) is 0 Å². The van der Waals surface area contributed by atoms with Crippen LogP contribution in [0, 0.1) is 0 Å². The van der Waals surface area contributed by atoms with E-state index in [0.717, 1.165) is 31.0 Å². The lowest BCUT2D eigenvalue weighted by atomic mass is 9.98. The van der Waals surface area contributed by atoms with E-state index in [-0.39, 0.29) is 0 Å². The second kappa shape index (κ2) is 17.1. The van der Waals surface area contributed by atoms with Crippen molar-refractivity contribution in [2.75, 3.05) is 27.3 Å². The first kappa shape index (κ1) is 26.8. The van der Waals surface area contributed by atoms with E-state index < -0.39 is 0 Å². The Morgan fingerprint density at radius 3 is 1.84 bits per heavy atom. The number of unbranched alkanes of at least 4 members (excludes halogenated alkanes) is 12. The van der Waals surface area contributed by atoms with Crippen molar-refractivity contribution < 1.29 is 9.47 Å². The van der Waals surface area contributed by atoms with Gasteiger partial charge in [-0.3, -0.25) is 4.90 Å². The fourth-order valence-corrected chi connectivity index (χ4v) is 4.72. The average Bonchev–Trinajstić information content (AvgIpc) is 2.82. The molecule has 0 aliphatic carbocycles. The molecule has 182 valence electrons. The van der Waals surface area contributed by atoms with E-state index in [2.05, 4.69) is 36.1 Å². The summed E-state index contributed by atoms with van der Waals surface area (Å²) in [6, 6.07) is 4.33. The average molecular weight is 444 g/mol. The summed E-state index contributed by atoms with van der Waals surface area (Å²) < 4.78 is 10.9. The zero-order valence-corrected chi connectivity index (χ0v) is 21.3. The van der Waals surface area contributed by atoms with Crippen molar-refractivity contribution in [2.24, 2.45) is 0 Å². The molecule has 0 spiro atoms. The third-order valence-corrected chi connectivity index (χ3v) is 6.78. The van der Waals surface area contributed by atoms with Gasteiger partial charge in [-0.1, -0.05) is 76.9 Å². The van der Waals surface area contributed by atoms with Crippen LogP contribution in [0.1, 0.15) is 108 Å². The van der Waals surface area contributed by atoms with E-state index >= 15 is 0 Å². The molecule has 0 N–H and O–H groups in total. The van der Waals surface area contributed by atoms with Gasteiger partial charge in [0, 0.05) is 13.1 Å². The summed E-state index contributed by atoms with van der Waals surface area (Å²) in [5.41, 5.74) is 2.82. The Labute approximate surface area is 198 Å². The highest BCUT2D eigenvalue weighted by Crippen LogP contribution is 2.33. The van der Waals surface area contributed by atoms with Gasteiger partial charge < -0.3 is 9.47 Å². The van der Waals surface area contributed by atoms with Crippen LogP contribution in [0.4, 0.5) is 0 Å². The van der Waals surface area contributed by atoms with E-state index in [9.17, 15) is 0 Å². The van der Waals surface area contributed by atoms with Gasteiger partial charge in [0.25, 0.3) is 0 Å². The number of fused-ring (bicyclic) bond motifs is 1. The zero-order chi connectivity index (χ0) is 22.9. The zero-order valence-electron chi connectivity index (χ0n) is 21.3. The van der Waals surface area contributed by atoms with Crippen molar-refractivity contribution in [2.45, 2.75) is 110 Å². The van der Waals surface area contributed by atoms with Crippen molar-refractivity contribution in [3.05, 3.63) is 35.4 Å². The summed E-state index contributed by atoms with van der Waals surface area (Å²) in [5.74, 6) is 1.71. The van der Waals surface area contributed by atoms with Gasteiger partial charge >= 0.3 is 0 Å². The molecule has 32 heavy (non-hydrogen) atoms. The van der Waals surface area contributed by atoms with Crippen LogP contribution in [0.15, 0.2) is 24.3 Å². The molecule has 0 radical (unpaired) electrons. The first-order chi connectivity index (χ1) is 15.8. The molecule has 3 nitrogen and oxygen atoms in total. The van der Waals surface area contributed by atoms with Crippen molar-refractivity contribution in [1.29, 1.82) is 0 Å². The van der Waals surface area contributed by atoms with Gasteiger partial charge in [-0.05, 0) is 68.3 Å².